The summed E-state index contributed by atoms with van der Waals surface area (Å²) >= 11 is 0. The van der Waals surface area contributed by atoms with Gasteiger partial charge >= 0.3 is 12.0 Å². The summed E-state index contributed by atoms with van der Waals surface area (Å²) in [6.45, 7) is 2.76. The predicted molar refractivity (Wildman–Crippen MR) is 80.6 cm³/mol. The van der Waals surface area contributed by atoms with Gasteiger partial charge in [0.1, 0.15) is 0 Å². The molecule has 120 valence electrons. The Morgan fingerprint density at radius 2 is 2.05 bits per heavy atom. The molecule has 2 aliphatic heterocycles. The van der Waals surface area contributed by atoms with Crippen LogP contribution in [0, 0.1) is 5.41 Å². The average molecular weight is 316 g/mol. The standard InChI is InChI=1S/C14H24N2O4S/c1-2-5-14(12(17)18)6-7-16(10-14)13(19)15-11-3-8-21(20)9-4-11/h11H,2-10H2,1H3,(H,15,19)(H,17,18). The number of urea groups is 1. The van der Waals surface area contributed by atoms with Gasteiger partial charge in [0.2, 0.25) is 0 Å². The highest BCUT2D eigenvalue weighted by atomic mass is 32.2. The Kier molecular flexibility index (Phi) is 5.24. The largest absolute Gasteiger partial charge is 0.481 e. The molecule has 2 saturated heterocycles. The van der Waals surface area contributed by atoms with Gasteiger partial charge in [-0.15, -0.1) is 0 Å². The number of carbonyl (C=O) groups is 2. The maximum Gasteiger partial charge on any atom is 0.317 e. The third-order valence-electron chi connectivity index (χ3n) is 4.54. The fraction of sp³-hybridized carbons (Fsp3) is 0.857. The van der Waals surface area contributed by atoms with Gasteiger partial charge in [0.05, 0.1) is 5.41 Å². The Balaban J connectivity index is 1.89. The third kappa shape index (κ3) is 3.75. The minimum absolute atomic E-state index is 0.0706. The molecule has 0 radical (unpaired) electrons. The molecule has 0 aromatic carbocycles. The van der Waals surface area contributed by atoms with Gasteiger partial charge in [-0.25, -0.2) is 4.79 Å². The summed E-state index contributed by atoms with van der Waals surface area (Å²) in [7, 11) is -0.742. The van der Waals surface area contributed by atoms with Gasteiger partial charge in [-0.1, -0.05) is 13.3 Å². The van der Waals surface area contributed by atoms with Gasteiger partial charge < -0.3 is 15.3 Å². The SMILES string of the molecule is CCCC1(C(=O)O)CCN(C(=O)NC2CCS(=O)CC2)C1. The van der Waals surface area contributed by atoms with Crippen LogP contribution in [0.5, 0.6) is 0 Å². The fourth-order valence-electron chi connectivity index (χ4n) is 3.21. The van der Waals surface area contributed by atoms with E-state index >= 15 is 0 Å². The van der Waals surface area contributed by atoms with Crippen molar-refractivity contribution in [3.8, 4) is 0 Å². The lowest BCUT2D eigenvalue weighted by Gasteiger charge is -2.27. The number of likely N-dealkylation sites (tertiary alicyclic amines) is 1. The number of hydrogen-bond acceptors (Lipinski definition) is 3. The van der Waals surface area contributed by atoms with Crippen molar-refractivity contribution in [2.24, 2.45) is 5.41 Å². The number of nitrogens with zero attached hydrogens (tertiary/aromatic N) is 1. The predicted octanol–water partition coefficient (Wildman–Crippen LogP) is 1.18. The first-order valence-corrected chi connectivity index (χ1v) is 9.09. The van der Waals surface area contributed by atoms with E-state index in [9.17, 15) is 18.9 Å². The van der Waals surface area contributed by atoms with E-state index in [-0.39, 0.29) is 12.1 Å². The van der Waals surface area contributed by atoms with Crippen molar-refractivity contribution < 1.29 is 18.9 Å². The minimum Gasteiger partial charge on any atom is -0.481 e. The van der Waals surface area contributed by atoms with Crippen molar-refractivity contribution in [2.45, 2.75) is 45.1 Å². The second kappa shape index (κ2) is 6.77. The lowest BCUT2D eigenvalue weighted by molar-refractivity contribution is -0.148. The second-order valence-corrected chi connectivity index (χ2v) is 7.78. The van der Waals surface area contributed by atoms with E-state index in [0.29, 0.717) is 37.4 Å². The number of carboxylic acids is 1. The lowest BCUT2D eigenvalue weighted by Crippen LogP contribution is -2.47. The Morgan fingerprint density at radius 3 is 2.62 bits per heavy atom. The number of amides is 2. The molecule has 0 aromatic rings. The van der Waals surface area contributed by atoms with Gasteiger partial charge in [0.15, 0.2) is 0 Å². The van der Waals surface area contributed by atoms with Crippen LogP contribution in [-0.2, 0) is 15.6 Å². The molecule has 2 aliphatic rings. The number of carboxylic acid groups (broad SMARTS) is 1. The molecular formula is C14H24N2O4S. The molecule has 21 heavy (non-hydrogen) atoms. The fourth-order valence-corrected chi connectivity index (χ4v) is 4.51. The summed E-state index contributed by atoms with van der Waals surface area (Å²) in [5.74, 6) is 0.479. The third-order valence-corrected chi connectivity index (χ3v) is 5.92. The first-order chi connectivity index (χ1) is 9.97. The summed E-state index contributed by atoms with van der Waals surface area (Å²) in [4.78, 5) is 25.4. The number of rotatable bonds is 4. The van der Waals surface area contributed by atoms with E-state index in [0.717, 1.165) is 19.3 Å². The zero-order valence-electron chi connectivity index (χ0n) is 12.5. The second-order valence-electron chi connectivity index (χ2n) is 6.08. The molecule has 0 saturated carbocycles. The van der Waals surface area contributed by atoms with Crippen molar-refractivity contribution in [1.82, 2.24) is 10.2 Å². The van der Waals surface area contributed by atoms with Gasteiger partial charge in [-0.2, -0.15) is 0 Å². The number of nitrogens with one attached hydrogen (secondary N) is 1. The van der Waals surface area contributed by atoms with Crippen LogP contribution in [0.4, 0.5) is 4.79 Å². The van der Waals surface area contributed by atoms with Crippen LogP contribution in [-0.4, -0.2) is 56.9 Å². The van der Waals surface area contributed by atoms with Crippen molar-refractivity contribution in [1.29, 1.82) is 0 Å². The molecule has 2 N–H and O–H groups in total. The first-order valence-electron chi connectivity index (χ1n) is 7.60. The van der Waals surface area contributed by atoms with E-state index < -0.39 is 22.2 Å². The molecular weight excluding hydrogens is 292 g/mol. The molecule has 0 bridgehead atoms. The Hall–Kier alpha value is -1.11. The Bertz CT molecular complexity index is 433. The van der Waals surface area contributed by atoms with E-state index in [1.54, 1.807) is 4.90 Å². The molecule has 2 amide bonds. The van der Waals surface area contributed by atoms with E-state index in [2.05, 4.69) is 5.32 Å². The molecule has 7 heteroatoms. The van der Waals surface area contributed by atoms with Crippen LogP contribution in [0.15, 0.2) is 0 Å². The highest BCUT2D eigenvalue weighted by Crippen LogP contribution is 2.35. The molecule has 0 aliphatic carbocycles. The van der Waals surface area contributed by atoms with Crippen LogP contribution >= 0.6 is 0 Å². The molecule has 0 aromatic heterocycles. The minimum atomic E-state index is -0.798. The van der Waals surface area contributed by atoms with Crippen LogP contribution < -0.4 is 5.32 Å². The summed E-state index contributed by atoms with van der Waals surface area (Å²) in [6, 6.07) is -0.104. The van der Waals surface area contributed by atoms with E-state index in [4.69, 9.17) is 0 Å². The number of hydrogen-bond donors (Lipinski definition) is 2. The zero-order valence-corrected chi connectivity index (χ0v) is 13.3. The molecule has 1 unspecified atom stereocenters. The van der Waals surface area contributed by atoms with Gasteiger partial charge in [-0.05, 0) is 25.7 Å². The van der Waals surface area contributed by atoms with Gasteiger partial charge in [-0.3, -0.25) is 9.00 Å². The molecule has 2 rings (SSSR count). The van der Waals surface area contributed by atoms with Crippen molar-refractivity contribution in [3.63, 3.8) is 0 Å². The van der Waals surface area contributed by atoms with Crippen molar-refractivity contribution in [2.75, 3.05) is 24.6 Å². The zero-order chi connectivity index (χ0) is 15.5. The molecule has 2 heterocycles. The maximum absolute atomic E-state index is 12.3. The molecule has 0 spiro atoms. The summed E-state index contributed by atoms with van der Waals surface area (Å²) in [6.07, 6.45) is 3.42. The lowest BCUT2D eigenvalue weighted by atomic mass is 9.83. The monoisotopic (exact) mass is 316 g/mol. The molecule has 2 fully saturated rings. The highest BCUT2D eigenvalue weighted by molar-refractivity contribution is 7.85. The smallest absolute Gasteiger partial charge is 0.317 e. The highest BCUT2D eigenvalue weighted by Gasteiger charge is 2.45. The van der Waals surface area contributed by atoms with Gasteiger partial charge in [0.25, 0.3) is 0 Å². The van der Waals surface area contributed by atoms with E-state index in [1.165, 1.54) is 0 Å². The normalized spacial score (nSPS) is 32.9. The molecule has 6 nitrogen and oxygen atoms in total. The summed E-state index contributed by atoms with van der Waals surface area (Å²) in [5.41, 5.74) is -0.778. The van der Waals surface area contributed by atoms with Crippen LogP contribution in [0.25, 0.3) is 0 Å². The average Bonchev–Trinajstić information content (AvgIpc) is 2.88. The quantitative estimate of drug-likeness (QED) is 0.815. The van der Waals surface area contributed by atoms with Crippen molar-refractivity contribution in [3.05, 3.63) is 0 Å². The summed E-state index contributed by atoms with van der Waals surface area (Å²) < 4.78 is 11.3. The van der Waals surface area contributed by atoms with Crippen molar-refractivity contribution >= 4 is 22.8 Å². The van der Waals surface area contributed by atoms with Gasteiger partial charge in [0, 0.05) is 41.4 Å². The van der Waals surface area contributed by atoms with Crippen LogP contribution in [0.3, 0.4) is 0 Å². The van der Waals surface area contributed by atoms with Crippen LogP contribution in [0.2, 0.25) is 0 Å². The Morgan fingerprint density at radius 1 is 1.38 bits per heavy atom. The number of carbonyl (C=O) groups excluding carboxylic acids is 1. The topological polar surface area (TPSA) is 86.7 Å². The first kappa shape index (κ1) is 16.3. The summed E-state index contributed by atoms with van der Waals surface area (Å²) in [5, 5.41) is 12.4. The molecule has 1 atom stereocenters. The van der Waals surface area contributed by atoms with Crippen LogP contribution in [0.1, 0.15) is 39.0 Å². The maximum atomic E-state index is 12.3. The number of aliphatic carboxylic acids is 1. The Labute approximate surface area is 127 Å². The van der Waals surface area contributed by atoms with E-state index in [1.807, 2.05) is 6.92 Å².